The molecule has 142 valence electrons. The molecule has 3 aromatic rings. The highest BCUT2D eigenvalue weighted by atomic mass is 16.7. The molecule has 0 saturated heterocycles. The molecule has 0 atom stereocenters. The highest BCUT2D eigenvalue weighted by Gasteiger charge is 2.15. The molecule has 1 aliphatic rings. The second kappa shape index (κ2) is 7.56. The Balaban J connectivity index is 1.42. The van der Waals surface area contributed by atoms with E-state index >= 15 is 0 Å². The fraction of sp³-hybridized carbons (Fsp3) is 0.190. The van der Waals surface area contributed by atoms with Crippen molar-refractivity contribution in [2.45, 2.75) is 20.4 Å². The summed E-state index contributed by atoms with van der Waals surface area (Å²) in [5, 5.41) is 6.07. The van der Waals surface area contributed by atoms with Crippen molar-refractivity contribution >= 4 is 17.5 Å². The summed E-state index contributed by atoms with van der Waals surface area (Å²) in [6.45, 7) is 4.52. The van der Waals surface area contributed by atoms with Gasteiger partial charge in [-0.15, -0.1) is 0 Å². The number of carbonyl (C=O) groups is 1. The van der Waals surface area contributed by atoms with Gasteiger partial charge in [0, 0.05) is 18.4 Å². The zero-order valence-electron chi connectivity index (χ0n) is 15.7. The van der Waals surface area contributed by atoms with Crippen molar-refractivity contribution < 1.29 is 14.3 Å². The molecule has 4 rings (SSSR count). The fourth-order valence-corrected chi connectivity index (χ4v) is 2.91. The summed E-state index contributed by atoms with van der Waals surface area (Å²) in [5.74, 6) is 1.72. The van der Waals surface area contributed by atoms with E-state index in [1.807, 2.05) is 49.4 Å². The minimum Gasteiger partial charge on any atom is -0.454 e. The average Bonchev–Trinajstić information content (AvgIpc) is 3.16. The van der Waals surface area contributed by atoms with Crippen LogP contribution in [0.1, 0.15) is 27.2 Å². The molecule has 2 heterocycles. The Morgan fingerprint density at radius 3 is 2.75 bits per heavy atom. The highest BCUT2D eigenvalue weighted by molar-refractivity contribution is 6.05. The molecule has 0 fully saturated rings. The second-order valence-electron chi connectivity index (χ2n) is 6.50. The van der Waals surface area contributed by atoms with Crippen LogP contribution < -0.4 is 20.1 Å². The van der Waals surface area contributed by atoms with E-state index in [4.69, 9.17) is 9.47 Å². The summed E-state index contributed by atoms with van der Waals surface area (Å²) in [6, 6.07) is 13.4. The maximum atomic E-state index is 12.5. The molecule has 7 heteroatoms. The van der Waals surface area contributed by atoms with Gasteiger partial charge in [0.1, 0.15) is 0 Å². The molecule has 7 nitrogen and oxygen atoms in total. The number of aromatic nitrogens is 2. The minimum atomic E-state index is -0.228. The van der Waals surface area contributed by atoms with Gasteiger partial charge in [0.15, 0.2) is 11.5 Å². The van der Waals surface area contributed by atoms with Gasteiger partial charge in [-0.3, -0.25) is 4.79 Å². The first-order chi connectivity index (χ1) is 13.6. The lowest BCUT2D eigenvalue weighted by molar-refractivity contribution is 0.102. The van der Waals surface area contributed by atoms with E-state index in [0.29, 0.717) is 23.8 Å². The van der Waals surface area contributed by atoms with Crippen molar-refractivity contribution in [2.24, 2.45) is 0 Å². The summed E-state index contributed by atoms with van der Waals surface area (Å²) in [7, 11) is 0. The van der Waals surface area contributed by atoms with Gasteiger partial charge in [-0.05, 0) is 43.2 Å². The van der Waals surface area contributed by atoms with Crippen molar-refractivity contribution in [1.82, 2.24) is 9.97 Å². The van der Waals surface area contributed by atoms with Crippen LogP contribution in [0.25, 0.3) is 0 Å². The molecule has 28 heavy (non-hydrogen) atoms. The number of nitrogens with one attached hydrogen (secondary N) is 2. The van der Waals surface area contributed by atoms with Crippen LogP contribution in [0.3, 0.4) is 0 Å². The number of para-hydroxylation sites is 1. The first-order valence-corrected chi connectivity index (χ1v) is 8.93. The summed E-state index contributed by atoms with van der Waals surface area (Å²) in [5.41, 5.74) is 3.84. The smallest absolute Gasteiger partial charge is 0.259 e. The van der Waals surface area contributed by atoms with Crippen LogP contribution in [0.2, 0.25) is 0 Å². The number of fused-ring (bicyclic) bond motifs is 1. The van der Waals surface area contributed by atoms with Crippen LogP contribution in [0.4, 0.5) is 11.6 Å². The molecular formula is C21H20N4O3. The number of hydrogen-bond acceptors (Lipinski definition) is 6. The molecule has 2 aromatic carbocycles. The largest absolute Gasteiger partial charge is 0.454 e. The standard InChI is InChI=1S/C21H20N4O3/c1-13-5-3-4-6-17(13)25-20(26)16-11-23-21(24-14(16)2)22-10-15-7-8-18-19(9-15)28-12-27-18/h3-9,11H,10,12H2,1-2H3,(H,25,26)(H,22,23,24). The Labute approximate surface area is 162 Å². The van der Waals surface area contributed by atoms with Gasteiger partial charge in [0.25, 0.3) is 5.91 Å². The summed E-state index contributed by atoms with van der Waals surface area (Å²) in [4.78, 5) is 21.2. The summed E-state index contributed by atoms with van der Waals surface area (Å²) < 4.78 is 10.7. The van der Waals surface area contributed by atoms with Gasteiger partial charge in [-0.25, -0.2) is 9.97 Å². The lowest BCUT2D eigenvalue weighted by atomic mass is 10.2. The summed E-state index contributed by atoms with van der Waals surface area (Å²) in [6.07, 6.45) is 1.54. The molecule has 0 bridgehead atoms. The zero-order valence-corrected chi connectivity index (χ0v) is 15.7. The predicted octanol–water partition coefficient (Wildman–Crippen LogP) is 3.69. The number of aryl methyl sites for hydroxylation is 2. The molecule has 0 unspecified atom stereocenters. The Hall–Kier alpha value is -3.61. The lowest BCUT2D eigenvalue weighted by Gasteiger charge is -2.11. The molecular weight excluding hydrogens is 356 g/mol. The Morgan fingerprint density at radius 1 is 1.11 bits per heavy atom. The lowest BCUT2D eigenvalue weighted by Crippen LogP contribution is -2.16. The third kappa shape index (κ3) is 3.73. The number of nitrogens with zero attached hydrogens (tertiary/aromatic N) is 2. The molecule has 2 N–H and O–H groups in total. The second-order valence-corrected chi connectivity index (χ2v) is 6.50. The van der Waals surface area contributed by atoms with Gasteiger partial charge in [0.2, 0.25) is 12.7 Å². The Bertz CT molecular complexity index is 1040. The van der Waals surface area contributed by atoms with Crippen molar-refractivity contribution in [3.63, 3.8) is 0 Å². The first kappa shape index (κ1) is 17.8. The Kier molecular flexibility index (Phi) is 4.80. The van der Waals surface area contributed by atoms with Crippen LogP contribution in [-0.4, -0.2) is 22.7 Å². The molecule has 0 aliphatic carbocycles. The number of anilines is 2. The maximum absolute atomic E-state index is 12.5. The van der Waals surface area contributed by atoms with E-state index in [9.17, 15) is 4.79 Å². The Morgan fingerprint density at radius 2 is 1.93 bits per heavy atom. The molecule has 1 aliphatic heterocycles. The third-order valence-electron chi connectivity index (χ3n) is 4.50. The average molecular weight is 376 g/mol. The topological polar surface area (TPSA) is 85.4 Å². The van der Waals surface area contributed by atoms with E-state index in [1.54, 1.807) is 6.92 Å². The number of benzene rings is 2. The van der Waals surface area contributed by atoms with E-state index in [0.717, 1.165) is 28.3 Å². The number of rotatable bonds is 5. The van der Waals surface area contributed by atoms with Crippen molar-refractivity contribution in [2.75, 3.05) is 17.4 Å². The summed E-state index contributed by atoms with van der Waals surface area (Å²) >= 11 is 0. The normalized spacial score (nSPS) is 11.9. The molecule has 1 amide bonds. The number of carbonyl (C=O) groups excluding carboxylic acids is 1. The molecule has 0 saturated carbocycles. The molecule has 1 aromatic heterocycles. The SMILES string of the molecule is Cc1ccccc1NC(=O)c1cnc(NCc2ccc3c(c2)OCO3)nc1C. The van der Waals surface area contributed by atoms with Crippen LogP contribution in [0, 0.1) is 13.8 Å². The van der Waals surface area contributed by atoms with Crippen LogP contribution in [0.5, 0.6) is 11.5 Å². The fourth-order valence-electron chi connectivity index (χ4n) is 2.91. The van der Waals surface area contributed by atoms with Gasteiger partial charge >= 0.3 is 0 Å². The monoisotopic (exact) mass is 376 g/mol. The maximum Gasteiger partial charge on any atom is 0.259 e. The van der Waals surface area contributed by atoms with E-state index in [2.05, 4.69) is 20.6 Å². The quantitative estimate of drug-likeness (QED) is 0.706. The van der Waals surface area contributed by atoms with E-state index in [-0.39, 0.29) is 12.7 Å². The van der Waals surface area contributed by atoms with Crippen molar-refractivity contribution in [3.05, 3.63) is 71.0 Å². The van der Waals surface area contributed by atoms with E-state index < -0.39 is 0 Å². The van der Waals surface area contributed by atoms with Crippen molar-refractivity contribution in [3.8, 4) is 11.5 Å². The molecule has 0 radical (unpaired) electrons. The number of hydrogen-bond donors (Lipinski definition) is 2. The van der Waals surface area contributed by atoms with Gasteiger partial charge in [-0.1, -0.05) is 24.3 Å². The number of amides is 1. The van der Waals surface area contributed by atoms with Gasteiger partial charge < -0.3 is 20.1 Å². The molecule has 0 spiro atoms. The number of ether oxygens (including phenoxy) is 2. The van der Waals surface area contributed by atoms with Crippen molar-refractivity contribution in [1.29, 1.82) is 0 Å². The third-order valence-corrected chi connectivity index (χ3v) is 4.50. The van der Waals surface area contributed by atoms with Crippen LogP contribution >= 0.6 is 0 Å². The van der Waals surface area contributed by atoms with Crippen LogP contribution in [0.15, 0.2) is 48.7 Å². The van der Waals surface area contributed by atoms with Gasteiger partial charge in [-0.2, -0.15) is 0 Å². The van der Waals surface area contributed by atoms with E-state index in [1.165, 1.54) is 6.20 Å². The minimum absolute atomic E-state index is 0.228. The first-order valence-electron chi connectivity index (χ1n) is 8.93. The zero-order chi connectivity index (χ0) is 19.5. The highest BCUT2D eigenvalue weighted by Crippen LogP contribution is 2.32. The van der Waals surface area contributed by atoms with Gasteiger partial charge in [0.05, 0.1) is 11.3 Å². The predicted molar refractivity (Wildman–Crippen MR) is 106 cm³/mol. The van der Waals surface area contributed by atoms with Crippen LogP contribution in [-0.2, 0) is 6.54 Å².